The van der Waals surface area contributed by atoms with Crippen molar-refractivity contribution in [3.8, 4) is 5.75 Å². The SMILES string of the molecule is CC1CCC(C2CCC(c3cc(F)c(O)c(F)c3)CC2)OC1. The van der Waals surface area contributed by atoms with Crippen molar-refractivity contribution in [2.24, 2.45) is 11.8 Å². The molecule has 4 heteroatoms. The van der Waals surface area contributed by atoms with Crippen molar-refractivity contribution < 1.29 is 18.6 Å². The molecule has 1 aromatic carbocycles. The Balaban J connectivity index is 1.60. The molecule has 0 spiro atoms. The normalized spacial score (nSPS) is 32.9. The van der Waals surface area contributed by atoms with Gasteiger partial charge in [0, 0.05) is 6.61 Å². The number of ether oxygens (including phenoxy) is 1. The quantitative estimate of drug-likeness (QED) is 0.853. The summed E-state index contributed by atoms with van der Waals surface area (Å²) < 4.78 is 32.9. The number of phenolic OH excluding ortho intramolecular Hbond substituents is 1. The fraction of sp³-hybridized carbons (Fsp3) is 0.667. The van der Waals surface area contributed by atoms with Crippen LogP contribution in [-0.2, 0) is 4.74 Å². The van der Waals surface area contributed by atoms with Crippen molar-refractivity contribution in [3.63, 3.8) is 0 Å². The summed E-state index contributed by atoms with van der Waals surface area (Å²) in [4.78, 5) is 0. The summed E-state index contributed by atoms with van der Waals surface area (Å²) in [5.74, 6) is -1.17. The van der Waals surface area contributed by atoms with Gasteiger partial charge < -0.3 is 9.84 Å². The minimum atomic E-state index is -0.873. The van der Waals surface area contributed by atoms with Gasteiger partial charge in [-0.05, 0) is 74.0 Å². The molecule has 0 radical (unpaired) electrons. The van der Waals surface area contributed by atoms with Crippen LogP contribution in [0.2, 0.25) is 0 Å². The maximum absolute atomic E-state index is 13.5. The summed E-state index contributed by atoms with van der Waals surface area (Å²) in [7, 11) is 0. The van der Waals surface area contributed by atoms with Crippen molar-refractivity contribution in [1.29, 1.82) is 0 Å². The number of phenols is 1. The number of halogens is 2. The van der Waals surface area contributed by atoms with Crippen LogP contribution < -0.4 is 0 Å². The molecule has 0 aromatic heterocycles. The average molecular weight is 310 g/mol. The third-order valence-electron chi connectivity index (χ3n) is 5.35. The lowest BCUT2D eigenvalue weighted by atomic mass is 9.75. The number of rotatable bonds is 2. The number of hydrogen-bond donors (Lipinski definition) is 1. The molecular formula is C18H24F2O2. The maximum atomic E-state index is 13.5. The summed E-state index contributed by atoms with van der Waals surface area (Å²) in [6.07, 6.45) is 6.71. The molecule has 3 rings (SSSR count). The van der Waals surface area contributed by atoms with Gasteiger partial charge in [-0.2, -0.15) is 0 Å². The van der Waals surface area contributed by atoms with E-state index in [0.717, 1.165) is 38.7 Å². The summed E-state index contributed by atoms with van der Waals surface area (Å²) >= 11 is 0. The third kappa shape index (κ3) is 3.27. The molecule has 1 aromatic rings. The van der Waals surface area contributed by atoms with Gasteiger partial charge in [-0.25, -0.2) is 8.78 Å². The monoisotopic (exact) mass is 310 g/mol. The van der Waals surface area contributed by atoms with Gasteiger partial charge in [0.2, 0.25) is 0 Å². The van der Waals surface area contributed by atoms with Crippen LogP contribution >= 0.6 is 0 Å². The minimum Gasteiger partial charge on any atom is -0.503 e. The molecule has 122 valence electrons. The third-order valence-corrected chi connectivity index (χ3v) is 5.35. The predicted molar refractivity (Wildman–Crippen MR) is 80.9 cm³/mol. The van der Waals surface area contributed by atoms with E-state index < -0.39 is 17.4 Å². The Kier molecular flexibility index (Phi) is 4.67. The van der Waals surface area contributed by atoms with E-state index >= 15 is 0 Å². The van der Waals surface area contributed by atoms with Crippen LogP contribution in [0.1, 0.15) is 56.9 Å². The zero-order valence-electron chi connectivity index (χ0n) is 13.0. The molecule has 2 fully saturated rings. The van der Waals surface area contributed by atoms with Crippen LogP contribution in [0.3, 0.4) is 0 Å². The standard InChI is InChI=1S/C18H24F2O2/c1-11-2-7-17(22-10-11)13-5-3-12(4-6-13)14-8-15(19)18(21)16(20)9-14/h8-9,11-13,17,21H,2-7,10H2,1H3. The first-order chi connectivity index (χ1) is 10.5. The van der Waals surface area contributed by atoms with Crippen LogP contribution in [0.5, 0.6) is 5.75 Å². The first-order valence-electron chi connectivity index (χ1n) is 8.34. The number of hydrogen-bond acceptors (Lipinski definition) is 2. The predicted octanol–water partition coefficient (Wildman–Crippen LogP) is 4.76. The smallest absolute Gasteiger partial charge is 0.187 e. The Hall–Kier alpha value is -1.16. The molecule has 2 nitrogen and oxygen atoms in total. The molecule has 1 saturated heterocycles. The van der Waals surface area contributed by atoms with Crippen molar-refractivity contribution >= 4 is 0 Å². The summed E-state index contributed by atoms with van der Waals surface area (Å²) in [5, 5.41) is 9.20. The molecule has 1 saturated carbocycles. The summed E-state index contributed by atoms with van der Waals surface area (Å²) in [6.45, 7) is 3.08. The van der Waals surface area contributed by atoms with Crippen LogP contribution in [0.15, 0.2) is 12.1 Å². The second-order valence-electron chi connectivity index (χ2n) is 7.00. The highest BCUT2D eigenvalue weighted by atomic mass is 19.1. The average Bonchev–Trinajstić information content (AvgIpc) is 2.53. The molecule has 1 aliphatic carbocycles. The van der Waals surface area contributed by atoms with Crippen molar-refractivity contribution in [2.45, 2.75) is 57.5 Å². The molecule has 2 atom stereocenters. The van der Waals surface area contributed by atoms with E-state index in [9.17, 15) is 13.9 Å². The molecule has 1 heterocycles. The summed E-state index contributed by atoms with van der Waals surface area (Å²) in [6, 6.07) is 2.56. The highest BCUT2D eigenvalue weighted by molar-refractivity contribution is 5.32. The number of aromatic hydroxyl groups is 1. The van der Waals surface area contributed by atoms with E-state index in [0.29, 0.717) is 23.5 Å². The lowest BCUT2D eigenvalue weighted by molar-refractivity contribution is -0.0523. The van der Waals surface area contributed by atoms with E-state index in [2.05, 4.69) is 6.92 Å². The molecule has 0 bridgehead atoms. The van der Waals surface area contributed by atoms with E-state index in [-0.39, 0.29) is 5.92 Å². The topological polar surface area (TPSA) is 29.5 Å². The van der Waals surface area contributed by atoms with Crippen molar-refractivity contribution in [2.75, 3.05) is 6.61 Å². The minimum absolute atomic E-state index is 0.184. The van der Waals surface area contributed by atoms with Gasteiger partial charge in [0.25, 0.3) is 0 Å². The lowest BCUT2D eigenvalue weighted by Crippen LogP contribution is -2.33. The Labute approximate surface area is 130 Å². The van der Waals surface area contributed by atoms with Gasteiger partial charge in [-0.3, -0.25) is 0 Å². The van der Waals surface area contributed by atoms with Gasteiger partial charge in [-0.1, -0.05) is 6.92 Å². The molecule has 0 amide bonds. The lowest BCUT2D eigenvalue weighted by Gasteiger charge is -2.37. The van der Waals surface area contributed by atoms with E-state index in [1.807, 2.05) is 0 Å². The maximum Gasteiger partial charge on any atom is 0.187 e. The van der Waals surface area contributed by atoms with E-state index in [1.54, 1.807) is 0 Å². The van der Waals surface area contributed by atoms with Crippen LogP contribution in [0, 0.1) is 23.5 Å². The Morgan fingerprint density at radius 3 is 2.18 bits per heavy atom. The first-order valence-corrected chi connectivity index (χ1v) is 8.34. The van der Waals surface area contributed by atoms with Gasteiger partial charge >= 0.3 is 0 Å². The van der Waals surface area contributed by atoms with Crippen LogP contribution in [0.25, 0.3) is 0 Å². The van der Waals surface area contributed by atoms with Gasteiger partial charge in [0.1, 0.15) is 0 Å². The van der Waals surface area contributed by atoms with Crippen molar-refractivity contribution in [3.05, 3.63) is 29.3 Å². The first kappa shape index (κ1) is 15.7. The molecule has 2 aliphatic rings. The molecular weight excluding hydrogens is 286 g/mol. The number of benzene rings is 1. The largest absolute Gasteiger partial charge is 0.503 e. The van der Waals surface area contributed by atoms with Gasteiger partial charge in [0.05, 0.1) is 6.10 Å². The van der Waals surface area contributed by atoms with Gasteiger partial charge in [0.15, 0.2) is 17.4 Å². The Morgan fingerprint density at radius 1 is 1.00 bits per heavy atom. The zero-order chi connectivity index (χ0) is 15.7. The second-order valence-corrected chi connectivity index (χ2v) is 7.00. The Bertz CT molecular complexity index is 493. The molecule has 1 aliphatic heterocycles. The van der Waals surface area contributed by atoms with E-state index in [4.69, 9.17) is 4.74 Å². The van der Waals surface area contributed by atoms with Crippen LogP contribution in [-0.4, -0.2) is 17.8 Å². The Morgan fingerprint density at radius 2 is 1.64 bits per heavy atom. The fourth-order valence-electron chi connectivity index (χ4n) is 3.92. The molecule has 22 heavy (non-hydrogen) atoms. The zero-order valence-corrected chi connectivity index (χ0v) is 13.0. The highest BCUT2D eigenvalue weighted by Crippen LogP contribution is 2.41. The molecule has 2 unspecified atom stereocenters. The molecule has 1 N–H and O–H groups in total. The highest BCUT2D eigenvalue weighted by Gasteiger charge is 2.31. The second kappa shape index (κ2) is 6.53. The fourth-order valence-corrected chi connectivity index (χ4v) is 3.92. The van der Waals surface area contributed by atoms with Crippen molar-refractivity contribution in [1.82, 2.24) is 0 Å². The van der Waals surface area contributed by atoms with E-state index in [1.165, 1.54) is 18.6 Å². The van der Waals surface area contributed by atoms with Gasteiger partial charge in [-0.15, -0.1) is 0 Å². The van der Waals surface area contributed by atoms with Crippen LogP contribution in [0.4, 0.5) is 8.78 Å². The summed E-state index contributed by atoms with van der Waals surface area (Å²) in [5.41, 5.74) is 0.671.